The Morgan fingerprint density at radius 2 is 1.77 bits per heavy atom. The van der Waals surface area contributed by atoms with E-state index < -0.39 is 41.3 Å². The summed E-state index contributed by atoms with van der Waals surface area (Å²) in [6.45, 7) is 0.0154. The number of nitrogens with zero attached hydrogens (tertiary/aromatic N) is 4. The molecule has 2 aromatic carbocycles. The molecule has 2 aromatic heterocycles. The first-order valence-electron chi connectivity index (χ1n) is 9.13. The molecule has 0 aliphatic carbocycles. The summed E-state index contributed by atoms with van der Waals surface area (Å²) in [6, 6.07) is 9.03. The number of benzene rings is 2. The fraction of sp³-hybridized carbons (Fsp3) is 0.0952. The van der Waals surface area contributed by atoms with Crippen LogP contribution in [0.5, 0.6) is 0 Å². The molecule has 4 aromatic rings. The first-order valence-corrected chi connectivity index (χ1v) is 9.13. The summed E-state index contributed by atoms with van der Waals surface area (Å²) in [5.41, 5.74) is 0.864. The zero-order chi connectivity index (χ0) is 22.0. The second kappa shape index (κ2) is 8.42. The average molecular weight is 429 g/mol. The maximum Gasteiger partial charge on any atom is 0.255 e. The van der Waals surface area contributed by atoms with E-state index in [0.717, 1.165) is 10.2 Å². The van der Waals surface area contributed by atoms with E-state index >= 15 is 0 Å². The predicted molar refractivity (Wildman–Crippen MR) is 103 cm³/mol. The highest BCUT2D eigenvalue weighted by molar-refractivity contribution is 6.04. The third-order valence-corrected chi connectivity index (χ3v) is 4.51. The summed E-state index contributed by atoms with van der Waals surface area (Å²) in [4.78, 5) is 12.5. The van der Waals surface area contributed by atoms with Gasteiger partial charge >= 0.3 is 0 Å². The molecular formula is C21H15F4N5O. The highest BCUT2D eigenvalue weighted by Gasteiger charge is 2.19. The Morgan fingerprint density at radius 3 is 2.55 bits per heavy atom. The molecule has 0 atom stereocenters. The Kier molecular flexibility index (Phi) is 5.52. The lowest BCUT2D eigenvalue weighted by atomic mass is 10.1. The number of hydrogen-bond acceptors (Lipinski definition) is 3. The Hall–Kier alpha value is -3.95. The normalized spacial score (nSPS) is 11.0. The zero-order valence-corrected chi connectivity index (χ0v) is 15.9. The molecule has 0 saturated heterocycles. The molecule has 0 saturated carbocycles. The third kappa shape index (κ3) is 4.47. The molecule has 0 aliphatic heterocycles. The number of amides is 1. The van der Waals surface area contributed by atoms with Crippen molar-refractivity contribution in [2.45, 2.75) is 13.1 Å². The molecule has 0 spiro atoms. The number of anilines is 1. The molecule has 158 valence electrons. The molecule has 0 aliphatic rings. The number of aromatic nitrogens is 4. The SMILES string of the molecule is O=C(Nc1cnn(Cc2c(F)cc(F)c(F)c2F)c1)c1cccc(Cn2cccn2)c1. The quantitative estimate of drug-likeness (QED) is 0.286. The van der Waals surface area contributed by atoms with E-state index in [1.165, 1.54) is 12.4 Å². The van der Waals surface area contributed by atoms with Crippen molar-refractivity contribution in [1.82, 2.24) is 19.6 Å². The van der Waals surface area contributed by atoms with Crippen LogP contribution in [0.15, 0.2) is 61.2 Å². The van der Waals surface area contributed by atoms with Crippen LogP contribution in [-0.4, -0.2) is 25.5 Å². The van der Waals surface area contributed by atoms with Crippen molar-refractivity contribution in [3.63, 3.8) is 0 Å². The average Bonchev–Trinajstić information content (AvgIpc) is 3.42. The topological polar surface area (TPSA) is 64.7 Å². The fourth-order valence-electron chi connectivity index (χ4n) is 3.02. The highest BCUT2D eigenvalue weighted by Crippen LogP contribution is 2.20. The number of rotatable bonds is 6. The number of halogens is 4. The number of carbonyl (C=O) groups excluding carboxylic acids is 1. The lowest BCUT2D eigenvalue weighted by Gasteiger charge is -2.07. The van der Waals surface area contributed by atoms with Gasteiger partial charge in [-0.2, -0.15) is 10.2 Å². The molecule has 0 radical (unpaired) electrons. The standard InChI is InChI=1S/C21H15F4N5O/c22-17-8-18(23)20(25)19(24)16(17)12-30-11-15(9-27-30)28-21(31)14-4-1-3-13(7-14)10-29-6-2-5-26-29/h1-9,11H,10,12H2,(H,28,31). The van der Waals surface area contributed by atoms with Gasteiger partial charge in [0.15, 0.2) is 17.5 Å². The fourth-order valence-corrected chi connectivity index (χ4v) is 3.02. The lowest BCUT2D eigenvalue weighted by molar-refractivity contribution is 0.102. The Morgan fingerprint density at radius 1 is 0.935 bits per heavy atom. The summed E-state index contributed by atoms with van der Waals surface area (Å²) in [5.74, 6) is -6.62. The van der Waals surface area contributed by atoms with Crippen molar-refractivity contribution in [2.75, 3.05) is 5.32 Å². The Bertz CT molecular complexity index is 1240. The van der Waals surface area contributed by atoms with Gasteiger partial charge in [-0.05, 0) is 23.8 Å². The van der Waals surface area contributed by atoms with Gasteiger partial charge in [-0.3, -0.25) is 14.2 Å². The van der Waals surface area contributed by atoms with Crippen LogP contribution < -0.4 is 5.32 Å². The number of nitrogens with one attached hydrogen (secondary N) is 1. The molecule has 31 heavy (non-hydrogen) atoms. The van der Waals surface area contributed by atoms with Crippen LogP contribution in [0.1, 0.15) is 21.5 Å². The van der Waals surface area contributed by atoms with Crippen LogP contribution in [0.3, 0.4) is 0 Å². The van der Waals surface area contributed by atoms with Gasteiger partial charge in [0.2, 0.25) is 0 Å². The van der Waals surface area contributed by atoms with Crippen molar-refractivity contribution in [2.24, 2.45) is 0 Å². The second-order valence-corrected chi connectivity index (χ2v) is 6.73. The van der Waals surface area contributed by atoms with Gasteiger partial charge in [-0.25, -0.2) is 17.6 Å². The van der Waals surface area contributed by atoms with E-state index in [2.05, 4.69) is 15.5 Å². The van der Waals surface area contributed by atoms with Gasteiger partial charge in [-0.15, -0.1) is 0 Å². The molecule has 10 heteroatoms. The zero-order valence-electron chi connectivity index (χ0n) is 15.9. The van der Waals surface area contributed by atoms with E-state index in [0.29, 0.717) is 12.1 Å². The van der Waals surface area contributed by atoms with Crippen LogP contribution in [0.2, 0.25) is 0 Å². The summed E-state index contributed by atoms with van der Waals surface area (Å²) < 4.78 is 56.9. The summed E-state index contributed by atoms with van der Waals surface area (Å²) in [7, 11) is 0. The number of hydrogen-bond donors (Lipinski definition) is 1. The molecule has 1 amide bonds. The van der Waals surface area contributed by atoms with Crippen LogP contribution in [0, 0.1) is 23.3 Å². The summed E-state index contributed by atoms with van der Waals surface area (Å²) >= 11 is 0. The highest BCUT2D eigenvalue weighted by atomic mass is 19.2. The molecular weight excluding hydrogens is 414 g/mol. The molecule has 2 heterocycles. The Balaban J connectivity index is 1.46. The summed E-state index contributed by atoms with van der Waals surface area (Å²) in [6.07, 6.45) is 6.07. The van der Waals surface area contributed by atoms with Crippen LogP contribution in [0.25, 0.3) is 0 Å². The van der Waals surface area contributed by atoms with Crippen LogP contribution in [0.4, 0.5) is 23.2 Å². The molecule has 0 unspecified atom stereocenters. The monoisotopic (exact) mass is 429 g/mol. The van der Waals surface area contributed by atoms with Gasteiger partial charge < -0.3 is 5.32 Å². The maximum atomic E-state index is 13.8. The maximum absolute atomic E-state index is 13.8. The Labute approximate surface area is 173 Å². The molecule has 4 rings (SSSR count). The first-order chi connectivity index (χ1) is 14.9. The largest absolute Gasteiger partial charge is 0.319 e. The minimum atomic E-state index is -1.76. The minimum absolute atomic E-state index is 0.269. The van der Waals surface area contributed by atoms with Crippen molar-refractivity contribution >= 4 is 11.6 Å². The molecule has 0 bridgehead atoms. The van der Waals surface area contributed by atoms with Crippen molar-refractivity contribution < 1.29 is 22.4 Å². The van der Waals surface area contributed by atoms with Gasteiger partial charge in [0.25, 0.3) is 5.91 Å². The van der Waals surface area contributed by atoms with E-state index in [9.17, 15) is 22.4 Å². The van der Waals surface area contributed by atoms with Crippen molar-refractivity contribution in [3.05, 3.63) is 101 Å². The van der Waals surface area contributed by atoms with Crippen molar-refractivity contribution in [1.29, 1.82) is 0 Å². The van der Waals surface area contributed by atoms with Gasteiger partial charge in [-0.1, -0.05) is 12.1 Å². The van der Waals surface area contributed by atoms with Gasteiger partial charge in [0.05, 0.1) is 25.0 Å². The van der Waals surface area contributed by atoms with Gasteiger partial charge in [0.1, 0.15) is 5.82 Å². The first kappa shape index (κ1) is 20.3. The minimum Gasteiger partial charge on any atom is -0.319 e. The van der Waals surface area contributed by atoms with E-state index in [1.807, 2.05) is 6.07 Å². The predicted octanol–water partition coefficient (Wildman–Crippen LogP) is 3.98. The van der Waals surface area contributed by atoms with E-state index in [-0.39, 0.29) is 11.8 Å². The van der Waals surface area contributed by atoms with E-state index in [4.69, 9.17) is 0 Å². The molecule has 0 fully saturated rings. The third-order valence-electron chi connectivity index (χ3n) is 4.51. The molecule has 1 N–H and O–H groups in total. The lowest BCUT2D eigenvalue weighted by Crippen LogP contribution is -2.12. The number of carbonyl (C=O) groups is 1. The smallest absolute Gasteiger partial charge is 0.255 e. The van der Waals surface area contributed by atoms with Crippen LogP contribution >= 0.6 is 0 Å². The molecule has 6 nitrogen and oxygen atoms in total. The summed E-state index contributed by atoms with van der Waals surface area (Å²) in [5, 5.41) is 10.7. The van der Waals surface area contributed by atoms with Crippen LogP contribution in [-0.2, 0) is 13.1 Å². The van der Waals surface area contributed by atoms with Gasteiger partial charge in [0, 0.05) is 35.8 Å². The van der Waals surface area contributed by atoms with Crippen molar-refractivity contribution in [3.8, 4) is 0 Å². The van der Waals surface area contributed by atoms with E-state index in [1.54, 1.807) is 41.3 Å². The second-order valence-electron chi connectivity index (χ2n) is 6.73.